The average molecular weight is 404 g/mol. The summed E-state index contributed by atoms with van der Waals surface area (Å²) in [5.74, 6) is 0. The first-order valence-corrected chi connectivity index (χ1v) is 9.54. The van der Waals surface area contributed by atoms with E-state index in [-0.39, 0.29) is 25.0 Å². The number of unbranched alkanes of at least 4 members (excludes halogenated alkanes) is 1. The molecule has 0 unspecified atom stereocenters. The van der Waals surface area contributed by atoms with Gasteiger partial charge in [-0.3, -0.25) is 6.29 Å². The summed E-state index contributed by atoms with van der Waals surface area (Å²) >= 11 is 0. The van der Waals surface area contributed by atoms with Crippen LogP contribution >= 0.6 is 7.92 Å². The van der Waals surface area contributed by atoms with E-state index in [4.69, 9.17) is 4.65 Å². The largest absolute Gasteiger partial charge is 2.00 e. The van der Waals surface area contributed by atoms with Crippen LogP contribution in [0.1, 0.15) is 12.8 Å². The Morgan fingerprint density at radius 2 is 1.15 bits per heavy atom. The van der Waals surface area contributed by atoms with E-state index < -0.39 is 0 Å². The van der Waals surface area contributed by atoms with Crippen molar-refractivity contribution in [3.8, 4) is 0 Å². The molecule has 1 aliphatic carbocycles. The molecule has 133 valence electrons. The number of benzene rings is 2. The Morgan fingerprint density at radius 1 is 0.769 bits per heavy atom. The van der Waals surface area contributed by atoms with Gasteiger partial charge in [0, 0.05) is 0 Å². The minimum absolute atomic E-state index is 0. The Kier molecular flexibility index (Phi) is 16.4. The van der Waals surface area contributed by atoms with E-state index in [2.05, 4.69) is 55.2 Å². The average Bonchev–Trinajstić information content (AvgIpc) is 3.28. The number of hydrogen-bond donors (Lipinski definition) is 0. The second kappa shape index (κ2) is 17.2. The SMILES string of the molecule is O=[C-]CCCP(c1ccccc1)c1ccccc1.[C-]#[O+].[CH]1[CH][CH][CH][CH]1.[Fe+2]. The Labute approximate surface area is 169 Å². The third-order valence-corrected chi connectivity index (χ3v) is 5.96. The molecule has 0 amide bonds. The first-order chi connectivity index (χ1) is 12.4. The Hall–Kier alpha value is -1.20. The molecule has 0 aromatic heterocycles. The van der Waals surface area contributed by atoms with Gasteiger partial charge in [0.2, 0.25) is 0 Å². The molecular formula is C22H21FeO2P+. The van der Waals surface area contributed by atoms with Gasteiger partial charge >= 0.3 is 28.4 Å². The van der Waals surface area contributed by atoms with Crippen molar-refractivity contribution in [2.45, 2.75) is 12.8 Å². The molecule has 0 aliphatic heterocycles. The van der Waals surface area contributed by atoms with Gasteiger partial charge < -0.3 is 4.79 Å². The van der Waals surface area contributed by atoms with Crippen molar-refractivity contribution in [3.05, 3.63) is 99.4 Å². The molecule has 2 nitrogen and oxygen atoms in total. The van der Waals surface area contributed by atoms with Crippen molar-refractivity contribution in [1.29, 1.82) is 0 Å². The van der Waals surface area contributed by atoms with Crippen LogP contribution in [-0.4, -0.2) is 12.4 Å². The molecule has 0 heterocycles. The zero-order valence-corrected chi connectivity index (χ0v) is 16.4. The molecule has 1 saturated carbocycles. The summed E-state index contributed by atoms with van der Waals surface area (Å²) in [6, 6.07) is 21.2. The van der Waals surface area contributed by atoms with E-state index in [1.165, 1.54) is 10.6 Å². The molecule has 26 heavy (non-hydrogen) atoms. The van der Waals surface area contributed by atoms with Crippen LogP contribution in [0, 0.1) is 38.8 Å². The van der Waals surface area contributed by atoms with Crippen LogP contribution in [0.25, 0.3) is 0 Å². The molecule has 0 bridgehead atoms. The molecule has 2 aromatic carbocycles. The second-order valence-corrected chi connectivity index (χ2v) is 7.37. The van der Waals surface area contributed by atoms with Crippen molar-refractivity contribution < 1.29 is 26.5 Å². The smallest absolute Gasteiger partial charge is 0.0312 e. The molecule has 4 heteroatoms. The van der Waals surface area contributed by atoms with Gasteiger partial charge in [-0.2, -0.15) is 6.42 Å². The summed E-state index contributed by atoms with van der Waals surface area (Å²) in [6.45, 7) is 4.50. The monoisotopic (exact) mass is 404 g/mol. The van der Waals surface area contributed by atoms with E-state index in [0.717, 1.165) is 12.6 Å². The molecule has 5 radical (unpaired) electrons. The van der Waals surface area contributed by atoms with Crippen LogP contribution in [0.4, 0.5) is 0 Å². The van der Waals surface area contributed by atoms with Crippen molar-refractivity contribution in [1.82, 2.24) is 0 Å². The minimum atomic E-state index is -0.341. The fourth-order valence-corrected chi connectivity index (χ4v) is 4.61. The fourth-order valence-electron chi connectivity index (χ4n) is 2.25. The van der Waals surface area contributed by atoms with E-state index in [1.807, 2.05) is 50.5 Å². The standard InChI is InChI=1S/C16H16OP.C5H5.CO.Fe/c17-13-7-8-14-18(15-9-3-1-4-10-15)16-11-5-2-6-12-16;1-2-4-5-3-1;1-2;/h1-6,9-12H,7-8,14H2;1-5H;;/q-1;;;+2. The Bertz CT molecular complexity index is 536. The Morgan fingerprint density at radius 3 is 1.50 bits per heavy atom. The van der Waals surface area contributed by atoms with E-state index >= 15 is 0 Å². The predicted molar refractivity (Wildman–Crippen MR) is 104 cm³/mol. The molecule has 0 N–H and O–H groups in total. The number of carbonyl (C=O) groups excluding carboxylic acids is 1. The molecule has 1 aliphatic rings. The van der Waals surface area contributed by atoms with Crippen LogP contribution in [0.15, 0.2) is 60.7 Å². The van der Waals surface area contributed by atoms with Crippen LogP contribution in [0.3, 0.4) is 0 Å². The van der Waals surface area contributed by atoms with Gasteiger partial charge in [0.05, 0.1) is 0 Å². The zero-order valence-electron chi connectivity index (χ0n) is 14.4. The first-order valence-electron chi connectivity index (χ1n) is 8.01. The van der Waals surface area contributed by atoms with Crippen molar-refractivity contribution >= 4 is 24.8 Å². The maximum Gasteiger partial charge on any atom is 2.00 e. The number of rotatable bonds is 6. The normalized spacial score (nSPS) is 12.0. The van der Waals surface area contributed by atoms with Gasteiger partial charge in [-0.1, -0.05) is 67.1 Å². The van der Waals surface area contributed by atoms with Gasteiger partial charge in [0.25, 0.3) is 0 Å². The van der Waals surface area contributed by atoms with Crippen LogP contribution in [-0.2, 0) is 26.5 Å². The Balaban J connectivity index is 0.000000664. The predicted octanol–water partition coefficient (Wildman–Crippen LogP) is 3.99. The summed E-state index contributed by atoms with van der Waals surface area (Å²) in [6.07, 6.45) is 14.5. The van der Waals surface area contributed by atoms with Crippen molar-refractivity contribution in [2.24, 2.45) is 0 Å². The molecule has 2 aromatic rings. The van der Waals surface area contributed by atoms with Gasteiger partial charge in [-0.25, -0.2) is 0 Å². The van der Waals surface area contributed by atoms with Crippen LogP contribution in [0.2, 0.25) is 0 Å². The molecule has 0 spiro atoms. The number of hydrogen-bond acceptors (Lipinski definition) is 1. The maximum atomic E-state index is 10.3. The van der Waals surface area contributed by atoms with Crippen molar-refractivity contribution in [2.75, 3.05) is 6.16 Å². The quantitative estimate of drug-likeness (QED) is 0.236. The van der Waals surface area contributed by atoms with Crippen LogP contribution < -0.4 is 10.6 Å². The third kappa shape index (κ3) is 10.1. The summed E-state index contributed by atoms with van der Waals surface area (Å²) in [7, 11) is -0.341. The second-order valence-electron chi connectivity index (χ2n) is 5.03. The molecule has 3 rings (SSSR count). The van der Waals surface area contributed by atoms with E-state index in [9.17, 15) is 4.79 Å². The van der Waals surface area contributed by atoms with Crippen LogP contribution in [0.5, 0.6) is 0 Å². The summed E-state index contributed by atoms with van der Waals surface area (Å²) in [4.78, 5) is 10.3. The maximum absolute atomic E-state index is 10.3. The zero-order chi connectivity index (χ0) is 18.2. The van der Waals surface area contributed by atoms with Gasteiger partial charge in [-0.15, -0.1) is 0 Å². The van der Waals surface area contributed by atoms with Gasteiger partial charge in [0.1, 0.15) is 0 Å². The van der Waals surface area contributed by atoms with E-state index in [1.54, 1.807) is 0 Å². The fraction of sp³-hybridized carbons (Fsp3) is 0.136. The summed E-state index contributed by atoms with van der Waals surface area (Å²) in [5.41, 5.74) is 0. The topological polar surface area (TPSA) is 37.0 Å². The molecular weight excluding hydrogens is 383 g/mol. The van der Waals surface area contributed by atoms with Crippen molar-refractivity contribution in [3.63, 3.8) is 0 Å². The third-order valence-electron chi connectivity index (χ3n) is 3.35. The minimum Gasteiger partial charge on any atom is -0.0312 e. The van der Waals surface area contributed by atoms with Gasteiger partial charge in [-0.05, 0) is 56.8 Å². The summed E-state index contributed by atoms with van der Waals surface area (Å²) in [5, 5.41) is 2.76. The van der Waals surface area contributed by atoms with E-state index in [0.29, 0.717) is 6.42 Å². The molecule has 0 atom stereocenters. The first kappa shape index (κ1) is 24.8. The molecule has 1 fully saturated rings. The van der Waals surface area contributed by atoms with Gasteiger partial charge in [0.15, 0.2) is 0 Å². The summed E-state index contributed by atoms with van der Waals surface area (Å²) < 4.78 is 7.50. The molecule has 0 saturated heterocycles.